The standard InChI is InChI=1S/C17H23N3OS/c1-13-10-19(2)8-9-20(13)11-14-12-22-17(18-14)15-6-4-5-7-16(15)21-3/h4-7,12-13H,8-11H2,1-3H3/t13-/m1/s1. The van der Waals surface area contributed by atoms with E-state index in [0.717, 1.165) is 48.2 Å². The summed E-state index contributed by atoms with van der Waals surface area (Å²) in [4.78, 5) is 9.73. The zero-order chi connectivity index (χ0) is 15.5. The zero-order valence-electron chi connectivity index (χ0n) is 13.5. The van der Waals surface area contributed by atoms with Crippen LogP contribution in [0.15, 0.2) is 29.6 Å². The molecular formula is C17H23N3OS. The lowest BCUT2D eigenvalue weighted by Gasteiger charge is -2.37. The highest BCUT2D eigenvalue weighted by molar-refractivity contribution is 7.13. The van der Waals surface area contributed by atoms with Crippen molar-refractivity contribution in [3.05, 3.63) is 35.3 Å². The van der Waals surface area contributed by atoms with Crippen LogP contribution >= 0.6 is 11.3 Å². The number of thiazole rings is 1. The monoisotopic (exact) mass is 317 g/mol. The van der Waals surface area contributed by atoms with Gasteiger partial charge in [0, 0.05) is 37.6 Å². The molecular weight excluding hydrogens is 294 g/mol. The maximum atomic E-state index is 5.44. The minimum atomic E-state index is 0.579. The number of rotatable bonds is 4. The molecule has 0 unspecified atom stereocenters. The van der Waals surface area contributed by atoms with Gasteiger partial charge < -0.3 is 9.64 Å². The van der Waals surface area contributed by atoms with Crippen molar-refractivity contribution in [2.24, 2.45) is 0 Å². The zero-order valence-corrected chi connectivity index (χ0v) is 14.3. The Morgan fingerprint density at radius 3 is 2.91 bits per heavy atom. The maximum absolute atomic E-state index is 5.44. The molecule has 1 fully saturated rings. The fourth-order valence-electron chi connectivity index (χ4n) is 2.94. The summed E-state index contributed by atoms with van der Waals surface area (Å²) in [5, 5.41) is 3.21. The first-order chi connectivity index (χ1) is 10.7. The fraction of sp³-hybridized carbons (Fsp3) is 0.471. The van der Waals surface area contributed by atoms with Crippen molar-refractivity contribution in [2.75, 3.05) is 33.8 Å². The molecule has 3 rings (SSSR count). The Morgan fingerprint density at radius 2 is 2.14 bits per heavy atom. The van der Waals surface area contributed by atoms with Gasteiger partial charge in [0.1, 0.15) is 10.8 Å². The molecule has 1 aliphatic heterocycles. The Balaban J connectivity index is 1.74. The van der Waals surface area contributed by atoms with Gasteiger partial charge >= 0.3 is 0 Å². The molecule has 0 N–H and O–H groups in total. The Morgan fingerprint density at radius 1 is 1.32 bits per heavy atom. The van der Waals surface area contributed by atoms with Crippen LogP contribution in [0.2, 0.25) is 0 Å². The first-order valence-corrected chi connectivity index (χ1v) is 8.55. The number of aromatic nitrogens is 1. The van der Waals surface area contributed by atoms with Crippen molar-refractivity contribution < 1.29 is 4.74 Å². The van der Waals surface area contributed by atoms with E-state index in [0.29, 0.717) is 6.04 Å². The first kappa shape index (κ1) is 15.5. The molecule has 0 spiro atoms. The molecule has 0 radical (unpaired) electrons. The van der Waals surface area contributed by atoms with Crippen molar-refractivity contribution >= 4 is 11.3 Å². The largest absolute Gasteiger partial charge is 0.496 e. The molecule has 22 heavy (non-hydrogen) atoms. The van der Waals surface area contributed by atoms with Crippen molar-refractivity contribution in [1.29, 1.82) is 0 Å². The number of benzene rings is 1. The fourth-order valence-corrected chi connectivity index (χ4v) is 3.79. The Kier molecular flexibility index (Phi) is 4.76. The number of hydrogen-bond donors (Lipinski definition) is 0. The summed E-state index contributed by atoms with van der Waals surface area (Å²) >= 11 is 1.69. The van der Waals surface area contributed by atoms with Crippen LogP contribution in [0.3, 0.4) is 0 Å². The minimum Gasteiger partial charge on any atom is -0.496 e. The molecule has 118 valence electrons. The molecule has 1 aliphatic rings. The lowest BCUT2D eigenvalue weighted by molar-refractivity contribution is 0.0929. The highest BCUT2D eigenvalue weighted by atomic mass is 32.1. The number of ether oxygens (including phenoxy) is 1. The second-order valence-electron chi connectivity index (χ2n) is 5.93. The van der Waals surface area contributed by atoms with Crippen molar-refractivity contribution in [2.45, 2.75) is 19.5 Å². The minimum absolute atomic E-state index is 0.579. The predicted octanol–water partition coefficient (Wildman–Crippen LogP) is 2.95. The van der Waals surface area contributed by atoms with Gasteiger partial charge in [-0.3, -0.25) is 4.90 Å². The van der Waals surface area contributed by atoms with Crippen LogP contribution < -0.4 is 4.74 Å². The molecule has 1 atom stereocenters. The molecule has 4 nitrogen and oxygen atoms in total. The average Bonchev–Trinajstić information content (AvgIpc) is 2.98. The van der Waals surface area contributed by atoms with Crippen molar-refractivity contribution in [3.63, 3.8) is 0 Å². The van der Waals surface area contributed by atoms with Gasteiger partial charge in [0.2, 0.25) is 0 Å². The molecule has 0 bridgehead atoms. The molecule has 0 amide bonds. The van der Waals surface area contributed by atoms with Crippen LogP contribution in [-0.2, 0) is 6.54 Å². The van der Waals surface area contributed by atoms with E-state index < -0.39 is 0 Å². The van der Waals surface area contributed by atoms with E-state index in [1.165, 1.54) is 0 Å². The van der Waals surface area contributed by atoms with E-state index in [1.807, 2.05) is 18.2 Å². The van der Waals surface area contributed by atoms with Crippen LogP contribution in [-0.4, -0.2) is 54.6 Å². The highest BCUT2D eigenvalue weighted by Crippen LogP contribution is 2.32. The smallest absolute Gasteiger partial charge is 0.129 e. The van der Waals surface area contributed by atoms with Crippen molar-refractivity contribution in [3.8, 4) is 16.3 Å². The summed E-state index contributed by atoms with van der Waals surface area (Å²) in [7, 11) is 3.90. The predicted molar refractivity (Wildman–Crippen MR) is 91.5 cm³/mol. The highest BCUT2D eigenvalue weighted by Gasteiger charge is 2.22. The number of hydrogen-bond acceptors (Lipinski definition) is 5. The van der Waals surface area contributed by atoms with Crippen molar-refractivity contribution in [1.82, 2.24) is 14.8 Å². The molecule has 1 aromatic carbocycles. The van der Waals surface area contributed by atoms with Crippen LogP contribution in [0.1, 0.15) is 12.6 Å². The third-order valence-corrected chi connectivity index (χ3v) is 5.15. The average molecular weight is 317 g/mol. The summed E-state index contributed by atoms with van der Waals surface area (Å²) in [6.45, 7) is 6.60. The van der Waals surface area contributed by atoms with E-state index in [9.17, 15) is 0 Å². The Labute approximate surface area is 136 Å². The second-order valence-corrected chi connectivity index (χ2v) is 6.78. The quantitative estimate of drug-likeness (QED) is 0.867. The molecule has 1 aromatic heterocycles. The topological polar surface area (TPSA) is 28.6 Å². The number of nitrogens with zero attached hydrogens (tertiary/aromatic N) is 3. The summed E-state index contributed by atoms with van der Waals surface area (Å²) < 4.78 is 5.44. The van der Waals surface area contributed by atoms with E-state index in [2.05, 4.69) is 35.2 Å². The Bertz CT molecular complexity index is 628. The number of piperazine rings is 1. The molecule has 5 heteroatoms. The summed E-state index contributed by atoms with van der Waals surface area (Å²) in [5.74, 6) is 0.886. The second kappa shape index (κ2) is 6.77. The van der Waals surface area contributed by atoms with Gasteiger partial charge in [0.25, 0.3) is 0 Å². The molecule has 0 saturated carbocycles. The van der Waals surface area contributed by atoms with Gasteiger partial charge in [-0.1, -0.05) is 12.1 Å². The molecule has 2 aromatic rings. The normalized spacial score (nSPS) is 20.2. The van der Waals surface area contributed by atoms with Crippen LogP contribution in [0.5, 0.6) is 5.75 Å². The van der Waals surface area contributed by atoms with E-state index in [-0.39, 0.29) is 0 Å². The molecule has 2 heterocycles. The number of para-hydroxylation sites is 1. The van der Waals surface area contributed by atoms with Crippen LogP contribution in [0.4, 0.5) is 0 Å². The lowest BCUT2D eigenvalue weighted by atomic mass is 10.2. The van der Waals surface area contributed by atoms with E-state index >= 15 is 0 Å². The van der Waals surface area contributed by atoms with E-state index in [1.54, 1.807) is 18.4 Å². The van der Waals surface area contributed by atoms with Gasteiger partial charge in [-0.15, -0.1) is 11.3 Å². The maximum Gasteiger partial charge on any atom is 0.129 e. The van der Waals surface area contributed by atoms with E-state index in [4.69, 9.17) is 9.72 Å². The van der Waals surface area contributed by atoms with Gasteiger partial charge in [-0.25, -0.2) is 4.98 Å². The third kappa shape index (κ3) is 3.32. The van der Waals surface area contributed by atoms with Gasteiger partial charge in [0.05, 0.1) is 18.4 Å². The van der Waals surface area contributed by atoms with Crippen LogP contribution in [0, 0.1) is 0 Å². The summed E-state index contributed by atoms with van der Waals surface area (Å²) in [6, 6.07) is 8.65. The lowest BCUT2D eigenvalue weighted by Crippen LogP contribution is -2.49. The van der Waals surface area contributed by atoms with Gasteiger partial charge in [-0.2, -0.15) is 0 Å². The number of methoxy groups -OCH3 is 1. The van der Waals surface area contributed by atoms with Gasteiger partial charge in [-0.05, 0) is 26.1 Å². The summed E-state index contributed by atoms with van der Waals surface area (Å²) in [6.07, 6.45) is 0. The SMILES string of the molecule is COc1ccccc1-c1nc(CN2CCN(C)C[C@H]2C)cs1. The summed E-state index contributed by atoms with van der Waals surface area (Å²) in [5.41, 5.74) is 2.23. The third-order valence-electron chi connectivity index (χ3n) is 4.22. The van der Waals surface area contributed by atoms with Crippen LogP contribution in [0.25, 0.3) is 10.6 Å². The molecule has 0 aliphatic carbocycles. The van der Waals surface area contributed by atoms with Gasteiger partial charge in [0.15, 0.2) is 0 Å². The first-order valence-electron chi connectivity index (χ1n) is 7.67. The Hall–Kier alpha value is -1.43. The molecule has 1 saturated heterocycles. The number of likely N-dealkylation sites (N-methyl/N-ethyl adjacent to an activating group) is 1.